The number of carbonyl (C=O) groups excluding carboxylic acids is 1. The molecule has 1 amide bonds. The predicted molar refractivity (Wildman–Crippen MR) is 78.3 cm³/mol. The average molecular weight is 292 g/mol. The summed E-state index contributed by atoms with van der Waals surface area (Å²) >= 11 is 5.76. The molecular formula is C15H14ClNO3. The second kappa shape index (κ2) is 6.82. The van der Waals surface area contributed by atoms with E-state index in [1.807, 2.05) is 24.3 Å². The Bertz CT molecular complexity index is 567. The zero-order valence-electron chi connectivity index (χ0n) is 10.9. The van der Waals surface area contributed by atoms with Crippen molar-refractivity contribution in [1.82, 2.24) is 0 Å². The van der Waals surface area contributed by atoms with E-state index in [0.29, 0.717) is 10.7 Å². The quantitative estimate of drug-likeness (QED) is 0.922. The number of benzene rings is 2. The Balaban J connectivity index is 1.83. The molecule has 0 unspecified atom stereocenters. The Kier molecular flexibility index (Phi) is 4.85. The van der Waals surface area contributed by atoms with Gasteiger partial charge in [-0.2, -0.15) is 0 Å². The average Bonchev–Trinajstić information content (AvgIpc) is 2.48. The predicted octanol–water partition coefficient (Wildman–Crippen LogP) is 4.10. The van der Waals surface area contributed by atoms with Crippen LogP contribution in [0.1, 0.15) is 5.56 Å². The van der Waals surface area contributed by atoms with Crippen LogP contribution in [-0.2, 0) is 11.3 Å². The molecule has 104 valence electrons. The first kappa shape index (κ1) is 14.2. The molecule has 0 aromatic heterocycles. The fourth-order valence-corrected chi connectivity index (χ4v) is 1.68. The van der Waals surface area contributed by atoms with Gasteiger partial charge in [0.25, 0.3) is 0 Å². The summed E-state index contributed by atoms with van der Waals surface area (Å²) in [6, 6.07) is 14.1. The van der Waals surface area contributed by atoms with E-state index in [2.05, 4.69) is 5.32 Å². The summed E-state index contributed by atoms with van der Waals surface area (Å²) in [5.41, 5.74) is 1.52. The normalized spacial score (nSPS) is 9.90. The number of nitrogens with one attached hydrogen (secondary N) is 1. The molecule has 0 fully saturated rings. The van der Waals surface area contributed by atoms with Crippen LogP contribution in [0.5, 0.6) is 5.75 Å². The first-order valence-corrected chi connectivity index (χ1v) is 6.37. The van der Waals surface area contributed by atoms with Crippen LogP contribution in [0.15, 0.2) is 48.5 Å². The molecule has 4 nitrogen and oxygen atoms in total. The van der Waals surface area contributed by atoms with Crippen LogP contribution in [0.2, 0.25) is 5.02 Å². The number of rotatable bonds is 4. The van der Waals surface area contributed by atoms with Gasteiger partial charge in [0.1, 0.15) is 12.4 Å². The lowest BCUT2D eigenvalue weighted by molar-refractivity contribution is 0.155. The number of amides is 1. The van der Waals surface area contributed by atoms with Crippen molar-refractivity contribution in [2.75, 3.05) is 12.4 Å². The molecule has 0 heterocycles. The Morgan fingerprint density at radius 2 is 1.75 bits per heavy atom. The number of anilines is 1. The number of carbonyl (C=O) groups is 1. The van der Waals surface area contributed by atoms with E-state index in [4.69, 9.17) is 21.1 Å². The van der Waals surface area contributed by atoms with E-state index in [9.17, 15) is 4.79 Å². The van der Waals surface area contributed by atoms with E-state index < -0.39 is 6.09 Å². The maximum Gasteiger partial charge on any atom is 0.411 e. The maximum absolute atomic E-state index is 11.6. The van der Waals surface area contributed by atoms with Gasteiger partial charge in [-0.05, 0) is 42.0 Å². The van der Waals surface area contributed by atoms with Crippen molar-refractivity contribution in [2.24, 2.45) is 0 Å². The van der Waals surface area contributed by atoms with E-state index in [1.54, 1.807) is 31.4 Å². The van der Waals surface area contributed by atoms with Gasteiger partial charge in [-0.3, -0.25) is 5.32 Å². The lowest BCUT2D eigenvalue weighted by atomic mass is 10.2. The molecule has 0 aliphatic heterocycles. The zero-order valence-corrected chi connectivity index (χ0v) is 11.7. The van der Waals surface area contributed by atoms with Gasteiger partial charge < -0.3 is 9.47 Å². The van der Waals surface area contributed by atoms with Gasteiger partial charge in [0.2, 0.25) is 0 Å². The van der Waals surface area contributed by atoms with Crippen molar-refractivity contribution in [3.8, 4) is 5.75 Å². The SMILES string of the molecule is COc1ccc(COC(=O)Nc2ccc(Cl)cc2)cc1. The van der Waals surface area contributed by atoms with E-state index in [-0.39, 0.29) is 6.61 Å². The maximum atomic E-state index is 11.6. The fourth-order valence-electron chi connectivity index (χ4n) is 1.56. The minimum absolute atomic E-state index is 0.198. The first-order valence-electron chi connectivity index (χ1n) is 5.99. The molecule has 0 radical (unpaired) electrons. The van der Waals surface area contributed by atoms with Crippen LogP contribution in [-0.4, -0.2) is 13.2 Å². The molecule has 0 atom stereocenters. The van der Waals surface area contributed by atoms with Crippen LogP contribution < -0.4 is 10.1 Å². The van der Waals surface area contributed by atoms with Crippen molar-refractivity contribution >= 4 is 23.4 Å². The highest BCUT2D eigenvalue weighted by Gasteiger charge is 2.04. The molecule has 2 aromatic rings. The monoisotopic (exact) mass is 291 g/mol. The highest BCUT2D eigenvalue weighted by Crippen LogP contribution is 2.14. The van der Waals surface area contributed by atoms with Crippen LogP contribution in [0.3, 0.4) is 0 Å². The third-order valence-electron chi connectivity index (χ3n) is 2.62. The molecular weight excluding hydrogens is 278 g/mol. The van der Waals surface area contributed by atoms with Crippen molar-refractivity contribution in [3.05, 3.63) is 59.1 Å². The molecule has 0 spiro atoms. The number of hydrogen-bond acceptors (Lipinski definition) is 3. The molecule has 2 aromatic carbocycles. The van der Waals surface area contributed by atoms with Crippen molar-refractivity contribution in [1.29, 1.82) is 0 Å². The highest BCUT2D eigenvalue weighted by molar-refractivity contribution is 6.30. The summed E-state index contributed by atoms with van der Waals surface area (Å²) in [6.45, 7) is 0.198. The molecule has 2 rings (SSSR count). The summed E-state index contributed by atoms with van der Waals surface area (Å²) in [5.74, 6) is 0.763. The van der Waals surface area contributed by atoms with Gasteiger partial charge in [-0.15, -0.1) is 0 Å². The Morgan fingerprint density at radius 3 is 2.35 bits per heavy atom. The summed E-state index contributed by atoms with van der Waals surface area (Å²) in [7, 11) is 1.60. The molecule has 1 N–H and O–H groups in total. The summed E-state index contributed by atoms with van der Waals surface area (Å²) < 4.78 is 10.2. The standard InChI is InChI=1S/C15H14ClNO3/c1-19-14-8-2-11(3-9-14)10-20-15(18)17-13-6-4-12(16)5-7-13/h2-9H,10H2,1H3,(H,17,18). The number of methoxy groups -OCH3 is 1. The van der Waals surface area contributed by atoms with E-state index in [0.717, 1.165) is 11.3 Å². The third-order valence-corrected chi connectivity index (χ3v) is 2.87. The minimum atomic E-state index is -0.511. The highest BCUT2D eigenvalue weighted by atomic mass is 35.5. The van der Waals surface area contributed by atoms with E-state index >= 15 is 0 Å². The Labute approximate surface area is 122 Å². The third kappa shape index (κ3) is 4.17. The van der Waals surface area contributed by atoms with Crippen molar-refractivity contribution < 1.29 is 14.3 Å². The zero-order chi connectivity index (χ0) is 14.4. The van der Waals surface area contributed by atoms with Gasteiger partial charge in [0, 0.05) is 10.7 Å². The smallest absolute Gasteiger partial charge is 0.411 e. The van der Waals surface area contributed by atoms with Gasteiger partial charge in [-0.1, -0.05) is 23.7 Å². The van der Waals surface area contributed by atoms with Gasteiger partial charge in [0.05, 0.1) is 7.11 Å². The second-order valence-electron chi connectivity index (χ2n) is 4.06. The number of hydrogen-bond donors (Lipinski definition) is 1. The lowest BCUT2D eigenvalue weighted by Gasteiger charge is -2.07. The van der Waals surface area contributed by atoms with Gasteiger partial charge in [0.15, 0.2) is 0 Å². The van der Waals surface area contributed by atoms with Crippen LogP contribution in [0.25, 0.3) is 0 Å². The molecule has 0 aliphatic carbocycles. The molecule has 5 heteroatoms. The second-order valence-corrected chi connectivity index (χ2v) is 4.49. The number of ether oxygens (including phenoxy) is 2. The molecule has 0 saturated heterocycles. The summed E-state index contributed by atoms with van der Waals surface area (Å²) in [4.78, 5) is 11.6. The Morgan fingerprint density at radius 1 is 1.10 bits per heavy atom. The van der Waals surface area contributed by atoms with Crippen molar-refractivity contribution in [2.45, 2.75) is 6.61 Å². The van der Waals surface area contributed by atoms with Crippen molar-refractivity contribution in [3.63, 3.8) is 0 Å². The molecule has 0 saturated carbocycles. The van der Waals surface area contributed by atoms with Crippen LogP contribution in [0, 0.1) is 0 Å². The number of halogens is 1. The fraction of sp³-hybridized carbons (Fsp3) is 0.133. The first-order chi connectivity index (χ1) is 9.67. The van der Waals surface area contributed by atoms with Crippen LogP contribution in [0.4, 0.5) is 10.5 Å². The molecule has 0 bridgehead atoms. The van der Waals surface area contributed by atoms with Crippen LogP contribution >= 0.6 is 11.6 Å². The van der Waals surface area contributed by atoms with E-state index in [1.165, 1.54) is 0 Å². The van der Waals surface area contributed by atoms with Gasteiger partial charge >= 0.3 is 6.09 Å². The minimum Gasteiger partial charge on any atom is -0.497 e. The molecule has 0 aliphatic rings. The lowest BCUT2D eigenvalue weighted by Crippen LogP contribution is -2.13. The van der Waals surface area contributed by atoms with Gasteiger partial charge in [-0.25, -0.2) is 4.79 Å². The largest absolute Gasteiger partial charge is 0.497 e. The topological polar surface area (TPSA) is 47.6 Å². The summed E-state index contributed by atoms with van der Waals surface area (Å²) in [5, 5.41) is 3.23. The molecule has 20 heavy (non-hydrogen) atoms. The Hall–Kier alpha value is -2.20. The summed E-state index contributed by atoms with van der Waals surface area (Å²) in [6.07, 6.45) is -0.511.